The maximum absolute atomic E-state index is 11.0. The quantitative estimate of drug-likeness (QED) is 0.481. The molecular formula is C24H33N5OS. The van der Waals surface area contributed by atoms with Crippen molar-refractivity contribution in [3.05, 3.63) is 57.9 Å². The third kappa shape index (κ3) is 6.27. The number of benzene rings is 1. The summed E-state index contributed by atoms with van der Waals surface area (Å²) in [5.41, 5.74) is 6.50. The van der Waals surface area contributed by atoms with Gasteiger partial charge in [0.15, 0.2) is 0 Å². The molecule has 2 aromatic rings. The normalized spacial score (nSPS) is 17.0. The molecule has 2 N–H and O–H groups in total. The Kier molecular flexibility index (Phi) is 11.3. The molecule has 1 unspecified atom stereocenters. The van der Waals surface area contributed by atoms with Crippen LogP contribution in [-0.2, 0) is 4.79 Å². The van der Waals surface area contributed by atoms with Crippen molar-refractivity contribution in [2.45, 2.75) is 46.6 Å². The van der Waals surface area contributed by atoms with Crippen LogP contribution in [0.25, 0.3) is 11.1 Å². The molecule has 1 atom stereocenters. The molecule has 1 saturated heterocycles. The van der Waals surface area contributed by atoms with E-state index >= 15 is 0 Å². The molecule has 0 bridgehead atoms. The predicted molar refractivity (Wildman–Crippen MR) is 130 cm³/mol. The summed E-state index contributed by atoms with van der Waals surface area (Å²) in [5, 5.41) is 21.3. The number of hydrogen-bond acceptors (Lipinski definition) is 5. The van der Waals surface area contributed by atoms with E-state index in [2.05, 4.69) is 22.9 Å². The van der Waals surface area contributed by atoms with Crippen molar-refractivity contribution in [2.24, 2.45) is 0 Å². The zero-order chi connectivity index (χ0) is 23.4. The number of nitrogens with zero attached hydrogens (tertiary/aromatic N) is 3. The van der Waals surface area contributed by atoms with E-state index in [9.17, 15) is 4.79 Å². The maximum Gasteiger partial charge on any atom is 0.213 e. The first-order valence-electron chi connectivity index (χ1n) is 10.6. The van der Waals surface area contributed by atoms with Crippen LogP contribution in [-0.4, -0.2) is 36.2 Å². The van der Waals surface area contributed by atoms with Gasteiger partial charge in [-0.3, -0.25) is 15.2 Å². The van der Waals surface area contributed by atoms with Gasteiger partial charge in [0, 0.05) is 24.7 Å². The maximum atomic E-state index is 11.0. The SMILES string of the molecule is CC.CC.CNN1C(=N)N(C)C(c2cc(-c3cccc(C#N)c3)cs2)CC/C1=C/C=O. The number of hydrogen-bond donors (Lipinski definition) is 2. The lowest BCUT2D eigenvalue weighted by Crippen LogP contribution is -2.46. The zero-order valence-electron chi connectivity index (χ0n) is 19.3. The molecule has 166 valence electrons. The first kappa shape index (κ1) is 26.1. The molecule has 0 radical (unpaired) electrons. The lowest BCUT2D eigenvalue weighted by atomic mass is 10.0. The van der Waals surface area contributed by atoms with Crippen LogP contribution in [0, 0.1) is 16.7 Å². The van der Waals surface area contributed by atoms with Gasteiger partial charge >= 0.3 is 0 Å². The molecule has 3 rings (SSSR count). The van der Waals surface area contributed by atoms with Crippen molar-refractivity contribution >= 4 is 23.6 Å². The Morgan fingerprint density at radius 1 is 1.23 bits per heavy atom. The standard InChI is InChI=1S/C20H21N5OS.2C2H6/c1-23-25-17(8-9-26)6-7-18(24(2)20(25)22)19-11-16(13-27-19)15-5-3-4-14(10-15)12-21;2*1-2/h3-5,8-11,13,18,22-23H,6-7H2,1-2H3;2*1-2H3/b17-8-,22-20?;;. The highest BCUT2D eigenvalue weighted by Crippen LogP contribution is 2.37. The smallest absolute Gasteiger partial charge is 0.213 e. The minimum Gasteiger partial charge on any atom is -0.337 e. The topological polar surface area (TPSA) is 83.2 Å². The number of guanidine groups is 1. The number of allylic oxidation sites excluding steroid dienone is 2. The summed E-state index contributed by atoms with van der Waals surface area (Å²) in [6.07, 6.45) is 3.76. The van der Waals surface area contributed by atoms with E-state index in [4.69, 9.17) is 10.7 Å². The molecule has 6 nitrogen and oxygen atoms in total. The Balaban J connectivity index is 0.00000113. The monoisotopic (exact) mass is 439 g/mol. The lowest BCUT2D eigenvalue weighted by molar-refractivity contribution is -0.104. The number of carbonyl (C=O) groups excluding carboxylic acids is 1. The van der Waals surface area contributed by atoms with Crippen LogP contribution in [0.3, 0.4) is 0 Å². The molecule has 1 aliphatic rings. The molecule has 1 aromatic heterocycles. The first-order chi connectivity index (χ1) is 15.1. The van der Waals surface area contributed by atoms with Crippen LogP contribution in [0.2, 0.25) is 0 Å². The van der Waals surface area contributed by atoms with Crippen molar-refractivity contribution < 1.29 is 4.79 Å². The highest BCUT2D eigenvalue weighted by atomic mass is 32.1. The minimum atomic E-state index is 0.0452. The number of rotatable bonds is 4. The Bertz CT molecular complexity index is 928. The molecule has 2 heterocycles. The second kappa shape index (κ2) is 13.4. The molecule has 0 amide bonds. The summed E-state index contributed by atoms with van der Waals surface area (Å²) < 4.78 is 0. The van der Waals surface area contributed by atoms with Gasteiger partial charge in [0.2, 0.25) is 5.96 Å². The van der Waals surface area contributed by atoms with Crippen molar-refractivity contribution in [1.29, 1.82) is 10.7 Å². The molecule has 0 spiro atoms. The molecule has 1 aliphatic heterocycles. The van der Waals surface area contributed by atoms with E-state index in [0.29, 0.717) is 17.9 Å². The van der Waals surface area contributed by atoms with Crippen molar-refractivity contribution in [1.82, 2.24) is 15.3 Å². The van der Waals surface area contributed by atoms with Crippen LogP contribution in [0.4, 0.5) is 0 Å². The number of hydrazine groups is 1. The first-order valence-corrected chi connectivity index (χ1v) is 11.5. The van der Waals surface area contributed by atoms with E-state index in [1.54, 1.807) is 29.5 Å². The summed E-state index contributed by atoms with van der Waals surface area (Å²) in [6, 6.07) is 11.9. The predicted octanol–water partition coefficient (Wildman–Crippen LogP) is 5.56. The van der Waals surface area contributed by atoms with Gasteiger partial charge in [0.05, 0.1) is 17.7 Å². The second-order valence-corrected chi connectivity index (χ2v) is 7.22. The Hall–Kier alpha value is -2.95. The number of aldehydes is 1. The number of carbonyl (C=O) groups is 1. The zero-order valence-corrected chi connectivity index (χ0v) is 20.1. The van der Waals surface area contributed by atoms with Gasteiger partial charge in [-0.05, 0) is 53.6 Å². The lowest BCUT2D eigenvalue weighted by Gasteiger charge is -2.31. The van der Waals surface area contributed by atoms with E-state index < -0.39 is 0 Å². The van der Waals surface area contributed by atoms with Crippen LogP contribution < -0.4 is 5.43 Å². The van der Waals surface area contributed by atoms with Crippen LogP contribution in [0.5, 0.6) is 0 Å². The van der Waals surface area contributed by atoms with Crippen molar-refractivity contribution in [3.8, 4) is 17.2 Å². The Morgan fingerprint density at radius 2 is 1.94 bits per heavy atom. The van der Waals surface area contributed by atoms with Crippen molar-refractivity contribution in [2.75, 3.05) is 14.1 Å². The van der Waals surface area contributed by atoms with Crippen molar-refractivity contribution in [3.63, 3.8) is 0 Å². The van der Waals surface area contributed by atoms with E-state index in [1.807, 2.05) is 57.8 Å². The fourth-order valence-electron chi connectivity index (χ4n) is 3.30. The number of nitrogens with one attached hydrogen (secondary N) is 2. The fraction of sp³-hybridized carbons (Fsp3) is 0.375. The molecule has 0 saturated carbocycles. The molecular weight excluding hydrogens is 406 g/mol. The highest BCUT2D eigenvalue weighted by Gasteiger charge is 2.30. The Morgan fingerprint density at radius 3 is 2.55 bits per heavy atom. The number of nitriles is 1. The summed E-state index contributed by atoms with van der Waals surface area (Å²) in [5.74, 6) is 0.300. The van der Waals surface area contributed by atoms with Crippen LogP contribution in [0.1, 0.15) is 57.0 Å². The van der Waals surface area contributed by atoms with Crippen LogP contribution in [0.15, 0.2) is 47.5 Å². The summed E-state index contributed by atoms with van der Waals surface area (Å²) >= 11 is 1.65. The fourth-order valence-corrected chi connectivity index (χ4v) is 4.39. The van der Waals surface area contributed by atoms with Gasteiger partial charge < -0.3 is 4.90 Å². The molecule has 7 heteroatoms. The van der Waals surface area contributed by atoms with Gasteiger partial charge in [0.25, 0.3) is 0 Å². The van der Waals surface area contributed by atoms with Gasteiger partial charge in [-0.2, -0.15) is 5.26 Å². The third-order valence-electron chi connectivity index (χ3n) is 4.73. The second-order valence-electron chi connectivity index (χ2n) is 6.27. The molecule has 1 fully saturated rings. The largest absolute Gasteiger partial charge is 0.337 e. The summed E-state index contributed by atoms with van der Waals surface area (Å²) in [7, 11) is 3.64. The molecule has 31 heavy (non-hydrogen) atoms. The van der Waals surface area contributed by atoms with Gasteiger partial charge in [0.1, 0.15) is 6.29 Å². The summed E-state index contributed by atoms with van der Waals surface area (Å²) in [6.45, 7) is 8.00. The third-order valence-corrected chi connectivity index (χ3v) is 5.77. The van der Waals surface area contributed by atoms with E-state index in [0.717, 1.165) is 34.4 Å². The molecule has 1 aromatic carbocycles. The number of thiophene rings is 1. The van der Waals surface area contributed by atoms with E-state index in [1.165, 1.54) is 6.08 Å². The van der Waals surface area contributed by atoms with Gasteiger partial charge in [-0.1, -0.05) is 39.8 Å². The molecule has 0 aliphatic carbocycles. The minimum absolute atomic E-state index is 0.0452. The average Bonchev–Trinajstić information content (AvgIpc) is 3.28. The highest BCUT2D eigenvalue weighted by molar-refractivity contribution is 7.10. The van der Waals surface area contributed by atoms with Gasteiger partial charge in [-0.15, -0.1) is 11.3 Å². The average molecular weight is 440 g/mol. The summed E-state index contributed by atoms with van der Waals surface area (Å²) in [4.78, 5) is 14.0. The van der Waals surface area contributed by atoms with Gasteiger partial charge in [-0.25, -0.2) is 5.43 Å². The Labute approximate surface area is 190 Å². The van der Waals surface area contributed by atoms with E-state index in [-0.39, 0.29) is 6.04 Å². The van der Waals surface area contributed by atoms with Crippen LogP contribution >= 0.6 is 11.3 Å².